The van der Waals surface area contributed by atoms with Crippen molar-refractivity contribution in [2.75, 3.05) is 18.4 Å². The molecule has 11 heteroatoms. The smallest absolute Gasteiger partial charge is 0.457 e. The third-order valence-corrected chi connectivity index (χ3v) is 6.87. The zero-order chi connectivity index (χ0) is 24.5. The summed E-state index contributed by atoms with van der Waals surface area (Å²) in [5.41, 5.74) is 1.04. The van der Waals surface area contributed by atoms with E-state index in [9.17, 15) is 14.4 Å². The number of hydrogen-bond acceptors (Lipinski definition) is 9. The normalized spacial score (nSPS) is 13.8. The Morgan fingerprint density at radius 3 is 2.65 bits per heavy atom. The topological polar surface area (TPSA) is 128 Å². The number of thiazole rings is 1. The van der Waals surface area contributed by atoms with Crippen molar-refractivity contribution < 1.29 is 23.2 Å². The highest BCUT2D eigenvalue weighted by Crippen LogP contribution is 2.35. The van der Waals surface area contributed by atoms with E-state index in [2.05, 4.69) is 15.3 Å². The van der Waals surface area contributed by atoms with Crippen molar-refractivity contribution >= 4 is 28.5 Å². The Morgan fingerprint density at radius 2 is 1.97 bits per heavy atom. The van der Waals surface area contributed by atoms with E-state index in [1.165, 1.54) is 11.3 Å². The average molecular weight is 487 g/mol. The maximum atomic E-state index is 12.8. The molecule has 1 aliphatic heterocycles. The number of carbonyl (C=O) groups excluding carboxylic acids is 2. The van der Waals surface area contributed by atoms with Crippen molar-refractivity contribution in [3.8, 4) is 10.4 Å². The lowest BCUT2D eigenvalue weighted by Crippen LogP contribution is -2.32. The number of aryl methyl sites for hydroxylation is 2. The molecule has 0 aromatic carbocycles. The van der Waals surface area contributed by atoms with Gasteiger partial charge in [-0.2, -0.15) is 0 Å². The number of pyridine rings is 1. The largest absolute Gasteiger partial charge is 0.519 e. The minimum Gasteiger partial charge on any atom is -0.457 e. The van der Waals surface area contributed by atoms with E-state index in [1.807, 2.05) is 19.1 Å². The van der Waals surface area contributed by atoms with Crippen molar-refractivity contribution in [1.82, 2.24) is 14.9 Å². The maximum Gasteiger partial charge on any atom is 0.519 e. The van der Waals surface area contributed by atoms with E-state index in [-0.39, 0.29) is 24.2 Å². The van der Waals surface area contributed by atoms with Crippen LogP contribution in [0.2, 0.25) is 0 Å². The van der Waals surface area contributed by atoms with E-state index in [0.717, 1.165) is 42.1 Å². The van der Waals surface area contributed by atoms with E-state index < -0.39 is 17.2 Å². The summed E-state index contributed by atoms with van der Waals surface area (Å²) in [5.74, 6) is -0.934. The molecule has 0 unspecified atom stereocenters. The Labute approximate surface area is 200 Å². The lowest BCUT2D eigenvalue weighted by atomic mass is 9.88. The highest BCUT2D eigenvalue weighted by atomic mass is 32.1. The third-order valence-electron chi connectivity index (χ3n) is 5.75. The molecule has 0 saturated carbocycles. The van der Waals surface area contributed by atoms with Gasteiger partial charge in [-0.05, 0) is 58.2 Å². The summed E-state index contributed by atoms with van der Waals surface area (Å²) in [6.07, 6.45) is 3.66. The Morgan fingerprint density at radius 1 is 1.24 bits per heavy atom. The number of carbonyl (C=O) groups is 2. The van der Waals surface area contributed by atoms with E-state index >= 15 is 0 Å². The molecule has 3 aromatic heterocycles. The van der Waals surface area contributed by atoms with Gasteiger partial charge in [-0.15, -0.1) is 0 Å². The first-order valence-corrected chi connectivity index (χ1v) is 11.7. The molecule has 3 aromatic rings. The minimum atomic E-state index is -1.07. The SMILES string of the molecule is Cc1nc(NC(=O)N2CCCC2)sc1-c1ccnc(C(C)(C)C(=O)OCc2oc(=O)oc2C)c1. The summed E-state index contributed by atoms with van der Waals surface area (Å²) in [4.78, 5) is 48.0. The number of amides is 2. The molecule has 0 spiro atoms. The molecule has 1 aliphatic rings. The lowest BCUT2D eigenvalue weighted by molar-refractivity contribution is -0.151. The molecule has 0 atom stereocenters. The van der Waals surface area contributed by atoms with Gasteiger partial charge in [0.2, 0.25) is 0 Å². The second-order valence-corrected chi connectivity index (χ2v) is 9.62. The summed E-state index contributed by atoms with van der Waals surface area (Å²) >= 11 is 1.37. The second kappa shape index (κ2) is 9.41. The van der Waals surface area contributed by atoms with Crippen molar-refractivity contribution in [3.05, 3.63) is 51.9 Å². The summed E-state index contributed by atoms with van der Waals surface area (Å²) in [5, 5.41) is 3.41. The van der Waals surface area contributed by atoms with Crippen molar-refractivity contribution in [2.45, 2.75) is 52.6 Å². The third kappa shape index (κ3) is 4.89. The Balaban J connectivity index is 1.50. The van der Waals surface area contributed by atoms with Crippen molar-refractivity contribution in [2.24, 2.45) is 0 Å². The highest BCUT2D eigenvalue weighted by molar-refractivity contribution is 7.19. The number of anilines is 1. The quantitative estimate of drug-likeness (QED) is 0.518. The number of aromatic nitrogens is 2. The van der Waals surface area contributed by atoms with Gasteiger partial charge in [0.25, 0.3) is 0 Å². The predicted molar refractivity (Wildman–Crippen MR) is 125 cm³/mol. The van der Waals surface area contributed by atoms with Crippen LogP contribution in [-0.4, -0.2) is 40.0 Å². The van der Waals surface area contributed by atoms with Gasteiger partial charge in [0, 0.05) is 19.3 Å². The number of esters is 1. The number of ether oxygens (including phenoxy) is 1. The van der Waals surface area contributed by atoms with Crippen LogP contribution in [0.3, 0.4) is 0 Å². The number of likely N-dealkylation sites (tertiary alicyclic amines) is 1. The first kappa shape index (κ1) is 23.7. The molecule has 2 amide bonds. The summed E-state index contributed by atoms with van der Waals surface area (Å²) in [6, 6.07) is 3.51. The molecule has 0 aliphatic carbocycles. The highest BCUT2D eigenvalue weighted by Gasteiger charge is 2.34. The van der Waals surface area contributed by atoms with Gasteiger partial charge in [-0.1, -0.05) is 11.3 Å². The van der Waals surface area contributed by atoms with E-state index in [0.29, 0.717) is 10.8 Å². The number of hydrogen-bond donors (Lipinski definition) is 1. The standard InChI is InChI=1S/C23H26N4O6S/c1-13-18(34-20(25-13)26-21(29)27-9-5-6-10-27)15-7-8-24-17(11-15)23(3,4)19(28)31-12-16-14(2)32-22(30)33-16/h7-8,11H,5-6,9-10,12H2,1-4H3,(H,25,26,29). The van der Waals surface area contributed by atoms with Crippen molar-refractivity contribution in [1.29, 1.82) is 0 Å². The van der Waals surface area contributed by atoms with Crippen LogP contribution in [0.4, 0.5) is 9.93 Å². The van der Waals surface area contributed by atoms with E-state index in [1.54, 1.807) is 31.9 Å². The summed E-state index contributed by atoms with van der Waals surface area (Å²) in [7, 11) is 0. The molecular weight excluding hydrogens is 460 g/mol. The van der Waals surface area contributed by atoms with Crippen LogP contribution in [0.5, 0.6) is 0 Å². The molecular formula is C23H26N4O6S. The van der Waals surface area contributed by atoms with Gasteiger partial charge in [-0.3, -0.25) is 15.1 Å². The fourth-order valence-corrected chi connectivity index (χ4v) is 4.60. The zero-order valence-corrected chi connectivity index (χ0v) is 20.3. The van der Waals surface area contributed by atoms with Crippen molar-refractivity contribution in [3.63, 3.8) is 0 Å². The van der Waals surface area contributed by atoms with Gasteiger partial charge in [0.15, 0.2) is 23.3 Å². The monoisotopic (exact) mass is 486 g/mol. The van der Waals surface area contributed by atoms with Crippen LogP contribution in [0.25, 0.3) is 10.4 Å². The van der Waals surface area contributed by atoms with Crippen LogP contribution < -0.4 is 11.1 Å². The number of nitrogens with one attached hydrogen (secondary N) is 1. The summed E-state index contributed by atoms with van der Waals surface area (Å²) in [6.45, 7) is 8.15. The maximum absolute atomic E-state index is 12.8. The van der Waals surface area contributed by atoms with Gasteiger partial charge >= 0.3 is 17.8 Å². The molecule has 1 N–H and O–H groups in total. The second-order valence-electron chi connectivity index (χ2n) is 8.62. The fourth-order valence-electron chi connectivity index (χ4n) is 3.64. The predicted octanol–water partition coefficient (Wildman–Crippen LogP) is 4.02. The van der Waals surface area contributed by atoms with Crippen LogP contribution >= 0.6 is 11.3 Å². The Kier molecular flexibility index (Phi) is 6.56. The van der Waals surface area contributed by atoms with E-state index in [4.69, 9.17) is 13.6 Å². The fraction of sp³-hybridized carbons (Fsp3) is 0.435. The Hall–Kier alpha value is -3.47. The van der Waals surface area contributed by atoms with Crippen LogP contribution in [-0.2, 0) is 21.6 Å². The van der Waals surface area contributed by atoms with Gasteiger partial charge < -0.3 is 18.5 Å². The van der Waals surface area contributed by atoms with Crippen LogP contribution in [0.1, 0.15) is 49.6 Å². The first-order valence-electron chi connectivity index (χ1n) is 10.9. The number of nitrogens with zero attached hydrogens (tertiary/aromatic N) is 3. The molecule has 1 saturated heterocycles. The minimum absolute atomic E-state index is 0.138. The lowest BCUT2D eigenvalue weighted by Gasteiger charge is -2.22. The number of urea groups is 1. The first-order chi connectivity index (χ1) is 16.1. The molecule has 1 fully saturated rings. The van der Waals surface area contributed by atoms with Crippen LogP contribution in [0.15, 0.2) is 32.0 Å². The summed E-state index contributed by atoms with van der Waals surface area (Å²) < 4.78 is 15.0. The Bertz CT molecular complexity index is 1270. The molecule has 4 heterocycles. The zero-order valence-electron chi connectivity index (χ0n) is 19.5. The van der Waals surface area contributed by atoms with Gasteiger partial charge in [0.05, 0.1) is 16.3 Å². The molecule has 34 heavy (non-hydrogen) atoms. The molecule has 4 rings (SSSR count). The van der Waals surface area contributed by atoms with Gasteiger partial charge in [-0.25, -0.2) is 14.6 Å². The molecule has 10 nitrogen and oxygen atoms in total. The van der Waals surface area contributed by atoms with Crippen LogP contribution in [0, 0.1) is 13.8 Å². The molecule has 0 radical (unpaired) electrons. The molecule has 0 bridgehead atoms. The van der Waals surface area contributed by atoms with Gasteiger partial charge in [0.1, 0.15) is 5.41 Å². The average Bonchev–Trinajstić information content (AvgIpc) is 3.53. The molecule has 180 valence electrons. The number of rotatable bonds is 6.